The molecule has 0 saturated heterocycles. The van der Waals surface area contributed by atoms with E-state index in [2.05, 4.69) is 13.2 Å². The van der Waals surface area contributed by atoms with Crippen LogP contribution in [0.1, 0.15) is 19.4 Å². The molecule has 0 N–H and O–H groups in total. The molecule has 1 aromatic carbocycles. The molecule has 0 unspecified atom stereocenters. The molecular formula is C18H20O4. The van der Waals surface area contributed by atoms with E-state index in [1.165, 1.54) is 6.07 Å². The highest BCUT2D eigenvalue weighted by atomic mass is 16.5. The molecule has 4 heteroatoms. The van der Waals surface area contributed by atoms with Crippen molar-refractivity contribution in [2.75, 3.05) is 13.2 Å². The summed E-state index contributed by atoms with van der Waals surface area (Å²) in [4.78, 5) is 11.7. The largest absolute Gasteiger partial charge is 0.485 e. The van der Waals surface area contributed by atoms with Gasteiger partial charge in [-0.3, -0.25) is 0 Å². The molecule has 0 aliphatic rings. The van der Waals surface area contributed by atoms with Crippen molar-refractivity contribution in [2.45, 2.75) is 20.8 Å². The van der Waals surface area contributed by atoms with Gasteiger partial charge in [-0.1, -0.05) is 13.2 Å². The minimum absolute atomic E-state index is 0.320. The predicted molar refractivity (Wildman–Crippen MR) is 87.8 cm³/mol. The zero-order valence-corrected chi connectivity index (χ0v) is 13.2. The fraction of sp³-hybridized carbons (Fsp3) is 0.278. The first kappa shape index (κ1) is 15.9. The normalized spacial score (nSPS) is 10.5. The van der Waals surface area contributed by atoms with Gasteiger partial charge in [0.25, 0.3) is 0 Å². The molecule has 1 heterocycles. The third kappa shape index (κ3) is 3.58. The Kier molecular flexibility index (Phi) is 4.71. The Morgan fingerprint density at radius 2 is 1.77 bits per heavy atom. The minimum Gasteiger partial charge on any atom is -0.485 e. The standard InChI is InChI=1S/C18H20O4/c1-11(2)9-20-15-7-6-14-13(5)8-16(19)22-17(14)18(15)21-10-12(3)4/h6-8H,1,3,9-10H2,2,4-5H3. The summed E-state index contributed by atoms with van der Waals surface area (Å²) in [5.41, 5.74) is 2.56. The number of fused-ring (bicyclic) bond motifs is 1. The van der Waals surface area contributed by atoms with E-state index in [0.717, 1.165) is 22.1 Å². The molecule has 2 rings (SSSR count). The molecular weight excluding hydrogens is 280 g/mol. The van der Waals surface area contributed by atoms with Gasteiger partial charge in [-0.15, -0.1) is 0 Å². The SMILES string of the molecule is C=C(C)COc1ccc2c(C)cc(=O)oc2c1OCC(=C)C. The van der Waals surface area contributed by atoms with Crippen molar-refractivity contribution in [3.8, 4) is 11.5 Å². The zero-order valence-electron chi connectivity index (χ0n) is 13.2. The van der Waals surface area contributed by atoms with E-state index in [1.807, 2.05) is 32.9 Å². The molecule has 0 radical (unpaired) electrons. The van der Waals surface area contributed by atoms with Crippen LogP contribution in [0.4, 0.5) is 0 Å². The van der Waals surface area contributed by atoms with Crippen molar-refractivity contribution in [3.63, 3.8) is 0 Å². The van der Waals surface area contributed by atoms with Crippen LogP contribution in [0.5, 0.6) is 11.5 Å². The molecule has 0 aliphatic heterocycles. The maximum Gasteiger partial charge on any atom is 0.336 e. The third-order valence-corrected chi connectivity index (χ3v) is 2.97. The molecule has 0 amide bonds. The smallest absolute Gasteiger partial charge is 0.336 e. The summed E-state index contributed by atoms with van der Waals surface area (Å²) < 4.78 is 16.8. The first-order valence-electron chi connectivity index (χ1n) is 7.00. The van der Waals surface area contributed by atoms with Crippen LogP contribution in [0.3, 0.4) is 0 Å². The van der Waals surface area contributed by atoms with E-state index in [0.29, 0.717) is 30.3 Å². The number of rotatable bonds is 6. The van der Waals surface area contributed by atoms with Crippen LogP contribution < -0.4 is 15.1 Å². The maximum absolute atomic E-state index is 11.7. The number of hydrogen-bond donors (Lipinski definition) is 0. The molecule has 0 saturated carbocycles. The van der Waals surface area contributed by atoms with Gasteiger partial charge in [0, 0.05) is 11.5 Å². The number of aryl methyl sites for hydroxylation is 1. The first-order chi connectivity index (χ1) is 10.4. The Balaban J connectivity index is 2.57. The van der Waals surface area contributed by atoms with Crippen LogP contribution in [-0.2, 0) is 0 Å². The summed E-state index contributed by atoms with van der Waals surface area (Å²) in [6.07, 6.45) is 0. The molecule has 22 heavy (non-hydrogen) atoms. The van der Waals surface area contributed by atoms with Crippen LogP contribution in [0.15, 0.2) is 51.7 Å². The Morgan fingerprint density at radius 1 is 1.14 bits per heavy atom. The fourth-order valence-electron chi connectivity index (χ4n) is 1.99. The average Bonchev–Trinajstić information content (AvgIpc) is 2.42. The van der Waals surface area contributed by atoms with E-state index in [4.69, 9.17) is 13.9 Å². The Bertz CT molecular complexity index is 784. The molecule has 4 nitrogen and oxygen atoms in total. The molecule has 0 fully saturated rings. The van der Waals surface area contributed by atoms with Gasteiger partial charge in [-0.05, 0) is 49.6 Å². The quantitative estimate of drug-likeness (QED) is 0.597. The molecule has 116 valence electrons. The average molecular weight is 300 g/mol. The summed E-state index contributed by atoms with van der Waals surface area (Å²) in [5.74, 6) is 0.938. The minimum atomic E-state index is -0.415. The third-order valence-electron chi connectivity index (χ3n) is 2.97. The highest BCUT2D eigenvalue weighted by molar-refractivity contribution is 5.87. The van der Waals surface area contributed by atoms with E-state index >= 15 is 0 Å². The summed E-state index contributed by atoms with van der Waals surface area (Å²) in [7, 11) is 0. The van der Waals surface area contributed by atoms with Gasteiger partial charge in [-0.2, -0.15) is 0 Å². The lowest BCUT2D eigenvalue weighted by Gasteiger charge is -2.15. The van der Waals surface area contributed by atoms with Gasteiger partial charge in [0.1, 0.15) is 13.2 Å². The van der Waals surface area contributed by atoms with Crippen LogP contribution in [0, 0.1) is 6.92 Å². The lowest BCUT2D eigenvalue weighted by Crippen LogP contribution is -2.06. The Labute approximate surface area is 129 Å². The van der Waals surface area contributed by atoms with Crippen LogP contribution in [0.25, 0.3) is 11.0 Å². The topological polar surface area (TPSA) is 48.7 Å². The van der Waals surface area contributed by atoms with Crippen molar-refractivity contribution in [1.82, 2.24) is 0 Å². The van der Waals surface area contributed by atoms with Crippen LogP contribution >= 0.6 is 0 Å². The monoisotopic (exact) mass is 300 g/mol. The van der Waals surface area contributed by atoms with E-state index in [9.17, 15) is 4.79 Å². The van der Waals surface area contributed by atoms with Gasteiger partial charge in [0.05, 0.1) is 0 Å². The number of hydrogen-bond acceptors (Lipinski definition) is 4. The molecule has 0 aliphatic carbocycles. The lowest BCUT2D eigenvalue weighted by molar-refractivity contribution is 0.298. The van der Waals surface area contributed by atoms with Crippen molar-refractivity contribution < 1.29 is 13.9 Å². The maximum atomic E-state index is 11.7. The van der Waals surface area contributed by atoms with Gasteiger partial charge in [0.15, 0.2) is 11.3 Å². The first-order valence-corrected chi connectivity index (χ1v) is 7.00. The van der Waals surface area contributed by atoms with Crippen LogP contribution in [0.2, 0.25) is 0 Å². The van der Waals surface area contributed by atoms with Crippen molar-refractivity contribution in [2.24, 2.45) is 0 Å². The number of ether oxygens (including phenoxy) is 2. The van der Waals surface area contributed by atoms with Crippen molar-refractivity contribution in [1.29, 1.82) is 0 Å². The summed E-state index contributed by atoms with van der Waals surface area (Å²) >= 11 is 0. The highest BCUT2D eigenvalue weighted by Gasteiger charge is 2.15. The van der Waals surface area contributed by atoms with E-state index < -0.39 is 5.63 Å². The second kappa shape index (κ2) is 6.52. The molecule has 0 bridgehead atoms. The van der Waals surface area contributed by atoms with Gasteiger partial charge in [0.2, 0.25) is 5.75 Å². The molecule has 0 spiro atoms. The van der Waals surface area contributed by atoms with Gasteiger partial charge < -0.3 is 13.9 Å². The molecule has 1 aromatic heterocycles. The summed E-state index contributed by atoms with van der Waals surface area (Å²) in [6, 6.07) is 5.13. The summed E-state index contributed by atoms with van der Waals surface area (Å²) in [5, 5.41) is 0.819. The van der Waals surface area contributed by atoms with Crippen LogP contribution in [-0.4, -0.2) is 13.2 Å². The molecule has 2 aromatic rings. The van der Waals surface area contributed by atoms with E-state index in [-0.39, 0.29) is 0 Å². The van der Waals surface area contributed by atoms with Gasteiger partial charge in [-0.25, -0.2) is 4.79 Å². The second-order valence-electron chi connectivity index (χ2n) is 5.51. The van der Waals surface area contributed by atoms with Gasteiger partial charge >= 0.3 is 5.63 Å². The Morgan fingerprint density at radius 3 is 2.41 bits per heavy atom. The zero-order chi connectivity index (χ0) is 16.3. The lowest BCUT2D eigenvalue weighted by atomic mass is 10.1. The number of benzene rings is 1. The Hall–Kier alpha value is -2.49. The second-order valence-corrected chi connectivity index (χ2v) is 5.51. The van der Waals surface area contributed by atoms with E-state index in [1.54, 1.807) is 0 Å². The highest BCUT2D eigenvalue weighted by Crippen LogP contribution is 2.36. The summed E-state index contributed by atoms with van der Waals surface area (Å²) in [6.45, 7) is 13.9. The predicted octanol–water partition coefficient (Wildman–Crippen LogP) is 4.01. The van der Waals surface area contributed by atoms with Crippen molar-refractivity contribution in [3.05, 3.63) is 58.5 Å². The fourth-order valence-corrected chi connectivity index (χ4v) is 1.99. The molecule has 0 atom stereocenters. The van der Waals surface area contributed by atoms with Crippen molar-refractivity contribution >= 4 is 11.0 Å².